The second kappa shape index (κ2) is 5.49. The molecule has 0 saturated carbocycles. The average molecular weight is 307 g/mol. The minimum atomic E-state index is -3.15. The molecule has 1 aromatic carbocycles. The first-order valence-electron chi connectivity index (χ1n) is 5.89. The van der Waals surface area contributed by atoms with Gasteiger partial charge in [-0.1, -0.05) is 18.2 Å². The Kier molecular flexibility index (Phi) is 3.90. The molecule has 0 fully saturated rings. The Morgan fingerprint density at radius 2 is 2.10 bits per heavy atom. The van der Waals surface area contributed by atoms with Crippen molar-refractivity contribution in [1.82, 2.24) is 9.97 Å². The van der Waals surface area contributed by atoms with Crippen molar-refractivity contribution in [3.63, 3.8) is 0 Å². The van der Waals surface area contributed by atoms with E-state index in [-0.39, 0.29) is 17.3 Å². The summed E-state index contributed by atoms with van der Waals surface area (Å²) >= 11 is 0. The summed E-state index contributed by atoms with van der Waals surface area (Å²) in [5.41, 5.74) is 6.60. The third kappa shape index (κ3) is 3.76. The maximum absolute atomic E-state index is 11.3. The zero-order chi connectivity index (χ0) is 15.6. The largest absolute Gasteiger partial charge is 0.476 e. The highest BCUT2D eigenvalue weighted by Gasteiger charge is 2.13. The fraction of sp³-hybridized carbons (Fsp3) is 0.154. The number of hydrogen-bond acceptors (Lipinski definition) is 6. The Hall–Kier alpha value is -2.48. The molecule has 1 aromatic heterocycles. The van der Waals surface area contributed by atoms with Gasteiger partial charge in [0.15, 0.2) is 21.3 Å². The van der Waals surface area contributed by atoms with Crippen molar-refractivity contribution < 1.29 is 18.3 Å². The number of anilines is 1. The van der Waals surface area contributed by atoms with Crippen LogP contribution in [0, 0.1) is 0 Å². The maximum atomic E-state index is 11.3. The summed E-state index contributed by atoms with van der Waals surface area (Å²) in [5, 5.41) is 8.98. The van der Waals surface area contributed by atoms with Gasteiger partial charge >= 0.3 is 5.97 Å². The molecule has 2 aromatic rings. The first kappa shape index (κ1) is 14.9. The highest BCUT2D eigenvalue weighted by atomic mass is 32.2. The lowest BCUT2D eigenvalue weighted by Gasteiger charge is -2.06. The number of rotatable bonds is 4. The lowest BCUT2D eigenvalue weighted by molar-refractivity contribution is 0.0691. The van der Waals surface area contributed by atoms with Crippen LogP contribution in [0.15, 0.2) is 30.5 Å². The lowest BCUT2D eigenvalue weighted by atomic mass is 10.1. The lowest BCUT2D eigenvalue weighted by Crippen LogP contribution is -2.08. The Labute approximate surface area is 121 Å². The zero-order valence-corrected chi connectivity index (χ0v) is 12.0. The smallest absolute Gasteiger partial charge is 0.358 e. The van der Waals surface area contributed by atoms with Crippen LogP contribution in [0.4, 0.5) is 5.82 Å². The molecule has 0 aliphatic carbocycles. The van der Waals surface area contributed by atoms with E-state index in [1.165, 1.54) is 6.20 Å². The third-order valence-electron chi connectivity index (χ3n) is 2.65. The molecule has 7 nitrogen and oxygen atoms in total. The van der Waals surface area contributed by atoms with Gasteiger partial charge < -0.3 is 10.8 Å². The normalized spacial score (nSPS) is 11.3. The number of benzene rings is 1. The highest BCUT2D eigenvalue weighted by Crippen LogP contribution is 2.20. The number of carboxylic acids is 1. The molecule has 1 heterocycles. The summed E-state index contributed by atoms with van der Waals surface area (Å²) in [5.74, 6) is -1.54. The predicted octanol–water partition coefficient (Wildman–Crippen LogP) is 0.969. The SMILES string of the molecule is CS(=O)(=O)Cc1cccc(-c2cnc(N)c(C(=O)O)n2)c1. The predicted molar refractivity (Wildman–Crippen MR) is 77.4 cm³/mol. The standard InChI is InChI=1S/C13H13N3O4S/c1-21(19,20)7-8-3-2-4-9(5-8)10-6-15-12(14)11(16-10)13(17)18/h2-6H,7H2,1H3,(H2,14,15)(H,17,18). The van der Waals surface area contributed by atoms with E-state index in [0.717, 1.165) is 6.26 Å². The van der Waals surface area contributed by atoms with Gasteiger partial charge in [0, 0.05) is 11.8 Å². The quantitative estimate of drug-likeness (QED) is 0.862. The van der Waals surface area contributed by atoms with Crippen LogP contribution in [0.3, 0.4) is 0 Å². The number of carboxylic acid groups (broad SMARTS) is 1. The number of nitrogens with zero attached hydrogens (tertiary/aromatic N) is 2. The minimum absolute atomic E-state index is 0.102. The number of aromatic nitrogens is 2. The van der Waals surface area contributed by atoms with Crippen LogP contribution in [-0.2, 0) is 15.6 Å². The summed E-state index contributed by atoms with van der Waals surface area (Å²) in [6.45, 7) is 0. The fourth-order valence-corrected chi connectivity index (χ4v) is 2.60. The summed E-state index contributed by atoms with van der Waals surface area (Å²) in [7, 11) is -3.15. The number of hydrogen-bond donors (Lipinski definition) is 2. The van der Waals surface area contributed by atoms with Gasteiger partial charge in [0.05, 0.1) is 17.6 Å². The molecule has 8 heteroatoms. The molecule has 2 rings (SSSR count). The van der Waals surface area contributed by atoms with E-state index in [2.05, 4.69) is 9.97 Å². The van der Waals surface area contributed by atoms with Crippen LogP contribution in [0.25, 0.3) is 11.3 Å². The van der Waals surface area contributed by atoms with Crippen LogP contribution in [0.2, 0.25) is 0 Å². The maximum Gasteiger partial charge on any atom is 0.358 e. The van der Waals surface area contributed by atoms with Crippen molar-refractivity contribution in [3.05, 3.63) is 41.7 Å². The average Bonchev–Trinajstić information content (AvgIpc) is 2.37. The molecule has 0 saturated heterocycles. The number of aromatic carboxylic acids is 1. The van der Waals surface area contributed by atoms with Crippen LogP contribution >= 0.6 is 0 Å². The van der Waals surface area contributed by atoms with Crippen molar-refractivity contribution in [1.29, 1.82) is 0 Å². The Bertz CT molecular complexity index is 803. The monoisotopic (exact) mass is 307 g/mol. The molecule has 0 atom stereocenters. The summed E-state index contributed by atoms with van der Waals surface area (Å²) in [4.78, 5) is 18.7. The number of nitrogens with two attached hydrogens (primary N) is 1. The Balaban J connectivity index is 2.45. The first-order chi connectivity index (χ1) is 9.76. The molecule has 21 heavy (non-hydrogen) atoms. The molecule has 0 unspecified atom stereocenters. The number of sulfone groups is 1. The molecular formula is C13H13N3O4S. The molecule has 3 N–H and O–H groups in total. The van der Waals surface area contributed by atoms with E-state index in [9.17, 15) is 13.2 Å². The van der Waals surface area contributed by atoms with E-state index in [4.69, 9.17) is 10.8 Å². The van der Waals surface area contributed by atoms with Crippen LogP contribution in [0.5, 0.6) is 0 Å². The van der Waals surface area contributed by atoms with E-state index < -0.39 is 15.8 Å². The first-order valence-corrected chi connectivity index (χ1v) is 7.95. The molecule has 0 amide bonds. The van der Waals surface area contributed by atoms with Crippen LogP contribution in [-0.4, -0.2) is 35.7 Å². The molecular weight excluding hydrogens is 294 g/mol. The topological polar surface area (TPSA) is 123 Å². The van der Waals surface area contributed by atoms with E-state index in [1.807, 2.05) is 0 Å². The van der Waals surface area contributed by atoms with E-state index in [0.29, 0.717) is 16.8 Å². The van der Waals surface area contributed by atoms with Gasteiger partial charge in [-0.3, -0.25) is 0 Å². The summed E-state index contributed by atoms with van der Waals surface area (Å²) in [6.07, 6.45) is 2.49. The third-order valence-corrected chi connectivity index (χ3v) is 3.51. The zero-order valence-electron chi connectivity index (χ0n) is 11.1. The summed E-state index contributed by atoms with van der Waals surface area (Å²) in [6, 6.07) is 6.67. The van der Waals surface area contributed by atoms with Gasteiger partial charge in [0.1, 0.15) is 0 Å². The second-order valence-electron chi connectivity index (χ2n) is 4.56. The van der Waals surface area contributed by atoms with Gasteiger partial charge in [0.2, 0.25) is 0 Å². The van der Waals surface area contributed by atoms with E-state index in [1.54, 1.807) is 24.3 Å². The van der Waals surface area contributed by atoms with Gasteiger partial charge in [-0.15, -0.1) is 0 Å². The number of carbonyl (C=O) groups is 1. The molecule has 0 aliphatic rings. The van der Waals surface area contributed by atoms with Gasteiger partial charge in [-0.25, -0.2) is 23.2 Å². The van der Waals surface area contributed by atoms with Gasteiger partial charge in [-0.05, 0) is 11.6 Å². The molecule has 0 aliphatic heterocycles. The Morgan fingerprint density at radius 1 is 1.38 bits per heavy atom. The molecule has 110 valence electrons. The second-order valence-corrected chi connectivity index (χ2v) is 6.70. The van der Waals surface area contributed by atoms with Crippen LogP contribution < -0.4 is 5.73 Å². The van der Waals surface area contributed by atoms with E-state index >= 15 is 0 Å². The van der Waals surface area contributed by atoms with Crippen LogP contribution in [0.1, 0.15) is 16.1 Å². The van der Waals surface area contributed by atoms with Crippen molar-refractivity contribution >= 4 is 21.6 Å². The van der Waals surface area contributed by atoms with Crippen molar-refractivity contribution in [2.24, 2.45) is 0 Å². The van der Waals surface area contributed by atoms with Crippen molar-refractivity contribution in [2.45, 2.75) is 5.75 Å². The highest BCUT2D eigenvalue weighted by molar-refractivity contribution is 7.89. The van der Waals surface area contributed by atoms with Gasteiger partial charge in [-0.2, -0.15) is 0 Å². The Morgan fingerprint density at radius 3 is 2.71 bits per heavy atom. The van der Waals surface area contributed by atoms with Crippen molar-refractivity contribution in [2.75, 3.05) is 12.0 Å². The fourth-order valence-electron chi connectivity index (χ4n) is 1.82. The minimum Gasteiger partial charge on any atom is -0.476 e. The summed E-state index contributed by atoms with van der Waals surface area (Å²) < 4.78 is 22.6. The molecule has 0 radical (unpaired) electrons. The molecule has 0 spiro atoms. The molecule has 0 bridgehead atoms. The van der Waals surface area contributed by atoms with Crippen molar-refractivity contribution in [3.8, 4) is 11.3 Å². The van der Waals surface area contributed by atoms with Gasteiger partial charge in [0.25, 0.3) is 0 Å². The number of nitrogen functional groups attached to an aromatic ring is 1.